The van der Waals surface area contributed by atoms with Gasteiger partial charge in [0, 0.05) is 18.5 Å². The zero-order chi connectivity index (χ0) is 25.3. The third kappa shape index (κ3) is 4.84. The van der Waals surface area contributed by atoms with Crippen LogP contribution in [-0.4, -0.2) is 71.6 Å². The lowest BCUT2D eigenvalue weighted by atomic mass is 9.94. The number of hydrogen-bond donors (Lipinski definition) is 2. The van der Waals surface area contributed by atoms with Gasteiger partial charge < -0.3 is 29.5 Å². The van der Waals surface area contributed by atoms with E-state index in [1.165, 1.54) is 11.0 Å². The van der Waals surface area contributed by atoms with Gasteiger partial charge in [-0.25, -0.2) is 0 Å². The molecular weight excluding hydrogens is 448 g/mol. The van der Waals surface area contributed by atoms with Gasteiger partial charge in [-0.05, 0) is 82.4 Å². The SMILES string of the molecule is CCOc1cc(C2C(=C(O)c3ccc4c(c3)CC(C)O4)C(=O)C(=O)N2CCCN(C)C)ccc1O. The maximum Gasteiger partial charge on any atom is 0.295 e. The minimum Gasteiger partial charge on any atom is -0.507 e. The first-order chi connectivity index (χ1) is 16.7. The van der Waals surface area contributed by atoms with E-state index in [2.05, 4.69) is 0 Å². The molecule has 186 valence electrons. The number of ketones is 1. The number of fused-ring (bicyclic) bond motifs is 1. The predicted octanol–water partition coefficient (Wildman–Crippen LogP) is 3.49. The topological polar surface area (TPSA) is 99.5 Å². The highest BCUT2D eigenvalue weighted by atomic mass is 16.5. The molecule has 2 unspecified atom stereocenters. The van der Waals surface area contributed by atoms with E-state index in [0.717, 1.165) is 17.9 Å². The lowest BCUT2D eigenvalue weighted by Crippen LogP contribution is -2.32. The van der Waals surface area contributed by atoms with Crippen LogP contribution in [0.15, 0.2) is 42.0 Å². The van der Waals surface area contributed by atoms with Crippen molar-refractivity contribution in [1.29, 1.82) is 0 Å². The average molecular weight is 481 g/mol. The average Bonchev–Trinajstić information content (AvgIpc) is 3.31. The summed E-state index contributed by atoms with van der Waals surface area (Å²) in [7, 11) is 3.89. The molecule has 4 rings (SSSR count). The first kappa shape index (κ1) is 24.6. The fraction of sp³-hybridized carbons (Fsp3) is 0.407. The van der Waals surface area contributed by atoms with E-state index in [4.69, 9.17) is 9.47 Å². The number of likely N-dealkylation sites (tertiary alicyclic amines) is 1. The second-order valence-corrected chi connectivity index (χ2v) is 9.26. The van der Waals surface area contributed by atoms with Crippen molar-refractivity contribution < 1.29 is 29.3 Å². The van der Waals surface area contributed by atoms with E-state index in [0.29, 0.717) is 37.1 Å². The van der Waals surface area contributed by atoms with E-state index < -0.39 is 17.7 Å². The Morgan fingerprint density at radius 1 is 1.20 bits per heavy atom. The summed E-state index contributed by atoms with van der Waals surface area (Å²) in [6, 6.07) is 9.25. The Hall–Kier alpha value is -3.52. The highest BCUT2D eigenvalue weighted by molar-refractivity contribution is 6.46. The number of nitrogens with zero attached hydrogens (tertiary/aromatic N) is 2. The molecular formula is C27H32N2O6. The van der Waals surface area contributed by atoms with E-state index >= 15 is 0 Å². The fourth-order valence-corrected chi connectivity index (χ4v) is 4.71. The molecule has 8 heteroatoms. The van der Waals surface area contributed by atoms with E-state index in [1.54, 1.807) is 31.2 Å². The van der Waals surface area contributed by atoms with Crippen LogP contribution >= 0.6 is 0 Å². The number of hydrogen-bond acceptors (Lipinski definition) is 7. The maximum absolute atomic E-state index is 13.2. The number of rotatable bonds is 8. The molecule has 1 saturated heterocycles. The lowest BCUT2D eigenvalue weighted by molar-refractivity contribution is -0.139. The lowest BCUT2D eigenvalue weighted by Gasteiger charge is -2.26. The Labute approximate surface area is 205 Å². The Kier molecular flexibility index (Phi) is 7.03. The largest absolute Gasteiger partial charge is 0.507 e. The molecule has 0 aliphatic carbocycles. The van der Waals surface area contributed by atoms with Gasteiger partial charge in [0.2, 0.25) is 0 Å². The summed E-state index contributed by atoms with van der Waals surface area (Å²) in [6.07, 6.45) is 1.40. The molecule has 8 nitrogen and oxygen atoms in total. The zero-order valence-corrected chi connectivity index (χ0v) is 20.6. The molecule has 0 radical (unpaired) electrons. The minimum atomic E-state index is -0.805. The van der Waals surface area contributed by atoms with Crippen molar-refractivity contribution in [2.24, 2.45) is 0 Å². The van der Waals surface area contributed by atoms with Crippen LogP contribution in [0.4, 0.5) is 0 Å². The van der Waals surface area contributed by atoms with Crippen LogP contribution in [0.2, 0.25) is 0 Å². The van der Waals surface area contributed by atoms with Gasteiger partial charge in [-0.2, -0.15) is 0 Å². The van der Waals surface area contributed by atoms with Crippen LogP contribution in [-0.2, 0) is 16.0 Å². The zero-order valence-electron chi connectivity index (χ0n) is 20.6. The van der Waals surface area contributed by atoms with Gasteiger partial charge in [0.25, 0.3) is 11.7 Å². The molecule has 0 aromatic heterocycles. The van der Waals surface area contributed by atoms with Crippen LogP contribution in [0.5, 0.6) is 17.2 Å². The normalized spacial score (nSPS) is 20.9. The molecule has 2 N–H and O–H groups in total. The van der Waals surface area contributed by atoms with Crippen molar-refractivity contribution >= 4 is 17.4 Å². The standard InChI is InChI=1S/C27H32N2O6/c1-5-34-22-15-17(7-9-20(22)30)24-23(26(32)27(33)29(24)12-6-11-28(3)4)25(31)18-8-10-21-19(14-18)13-16(2)35-21/h7-10,14-16,24,30-31H,5-6,11-13H2,1-4H3. The molecule has 2 atom stereocenters. The third-order valence-corrected chi connectivity index (χ3v) is 6.31. The molecule has 2 aromatic carbocycles. The van der Waals surface area contributed by atoms with Gasteiger partial charge >= 0.3 is 0 Å². The minimum absolute atomic E-state index is 0.0277. The summed E-state index contributed by atoms with van der Waals surface area (Å²) in [6.45, 7) is 5.19. The number of amides is 1. The summed E-state index contributed by atoms with van der Waals surface area (Å²) < 4.78 is 11.3. The number of benzene rings is 2. The first-order valence-electron chi connectivity index (χ1n) is 11.9. The Balaban J connectivity index is 1.81. The predicted molar refractivity (Wildman–Crippen MR) is 132 cm³/mol. The van der Waals surface area contributed by atoms with Crippen LogP contribution in [0.3, 0.4) is 0 Å². The summed E-state index contributed by atoms with van der Waals surface area (Å²) in [5.41, 5.74) is 2.01. The molecule has 0 saturated carbocycles. The Morgan fingerprint density at radius 3 is 2.69 bits per heavy atom. The smallest absolute Gasteiger partial charge is 0.295 e. The van der Waals surface area contributed by atoms with Gasteiger partial charge in [-0.1, -0.05) is 6.07 Å². The maximum atomic E-state index is 13.2. The number of carbonyl (C=O) groups excluding carboxylic acids is 2. The second-order valence-electron chi connectivity index (χ2n) is 9.26. The third-order valence-electron chi connectivity index (χ3n) is 6.31. The van der Waals surface area contributed by atoms with Crippen molar-refractivity contribution in [3.63, 3.8) is 0 Å². The van der Waals surface area contributed by atoms with Gasteiger partial charge in [0.15, 0.2) is 11.5 Å². The molecule has 2 aliphatic rings. The van der Waals surface area contributed by atoms with Crippen LogP contribution in [0.25, 0.3) is 5.76 Å². The molecule has 1 fully saturated rings. The van der Waals surface area contributed by atoms with Crippen LogP contribution in [0, 0.1) is 0 Å². The number of aliphatic hydroxyl groups is 1. The summed E-state index contributed by atoms with van der Waals surface area (Å²) in [4.78, 5) is 29.9. The van der Waals surface area contributed by atoms with Crippen LogP contribution < -0.4 is 9.47 Å². The van der Waals surface area contributed by atoms with E-state index in [9.17, 15) is 19.8 Å². The summed E-state index contributed by atoms with van der Waals surface area (Å²) in [5.74, 6) is -0.625. The highest BCUT2D eigenvalue weighted by Gasteiger charge is 2.46. The first-order valence-corrected chi connectivity index (χ1v) is 11.9. The number of carbonyl (C=O) groups is 2. The van der Waals surface area contributed by atoms with Crippen molar-refractivity contribution in [3.8, 4) is 17.2 Å². The van der Waals surface area contributed by atoms with Crippen molar-refractivity contribution in [3.05, 3.63) is 58.7 Å². The number of aromatic hydroxyl groups is 1. The quantitative estimate of drug-likeness (QED) is 0.339. The molecule has 1 amide bonds. The molecule has 2 aliphatic heterocycles. The number of aliphatic hydroxyl groups excluding tert-OH is 1. The number of ether oxygens (including phenoxy) is 2. The molecule has 0 spiro atoms. The second kappa shape index (κ2) is 10.00. The van der Waals surface area contributed by atoms with Crippen molar-refractivity contribution in [2.75, 3.05) is 33.8 Å². The van der Waals surface area contributed by atoms with Crippen LogP contribution in [0.1, 0.15) is 43.0 Å². The number of Topliss-reactive ketones (excluding diaryl/α,β-unsaturated/α-hetero) is 1. The van der Waals surface area contributed by atoms with Crippen molar-refractivity contribution in [2.45, 2.75) is 38.8 Å². The summed E-state index contributed by atoms with van der Waals surface area (Å²) in [5, 5.41) is 21.5. The Morgan fingerprint density at radius 2 is 1.97 bits per heavy atom. The molecule has 2 aromatic rings. The van der Waals surface area contributed by atoms with Gasteiger partial charge in [0.1, 0.15) is 17.6 Å². The van der Waals surface area contributed by atoms with Gasteiger partial charge in [-0.3, -0.25) is 9.59 Å². The van der Waals surface area contributed by atoms with Gasteiger partial charge in [-0.15, -0.1) is 0 Å². The van der Waals surface area contributed by atoms with E-state index in [-0.39, 0.29) is 28.9 Å². The number of phenols is 1. The van der Waals surface area contributed by atoms with Gasteiger partial charge in [0.05, 0.1) is 18.2 Å². The van der Waals surface area contributed by atoms with E-state index in [1.807, 2.05) is 32.0 Å². The molecule has 35 heavy (non-hydrogen) atoms. The molecule has 2 heterocycles. The fourth-order valence-electron chi connectivity index (χ4n) is 4.71. The summed E-state index contributed by atoms with van der Waals surface area (Å²) >= 11 is 0. The van der Waals surface area contributed by atoms with Crippen molar-refractivity contribution in [1.82, 2.24) is 9.80 Å². The monoisotopic (exact) mass is 480 g/mol. The Bertz CT molecular complexity index is 1170. The molecule has 0 bridgehead atoms. The number of phenolic OH excluding ortho intramolecular Hbond substituents is 1. The highest BCUT2D eigenvalue weighted by Crippen LogP contribution is 2.42.